The highest BCUT2D eigenvalue weighted by Gasteiger charge is 2.10. The van der Waals surface area contributed by atoms with Crippen LogP contribution in [0, 0.1) is 6.92 Å². The molecule has 0 atom stereocenters. The summed E-state index contributed by atoms with van der Waals surface area (Å²) in [5, 5.41) is 14.4. The first-order valence-electron chi connectivity index (χ1n) is 7.49. The van der Waals surface area contributed by atoms with Crippen molar-refractivity contribution in [3.8, 4) is 0 Å². The molecule has 0 aliphatic rings. The van der Waals surface area contributed by atoms with Gasteiger partial charge in [-0.15, -0.1) is 11.8 Å². The van der Waals surface area contributed by atoms with Gasteiger partial charge in [0.05, 0.1) is 11.3 Å². The van der Waals surface area contributed by atoms with E-state index in [9.17, 15) is 14.4 Å². The lowest BCUT2D eigenvalue weighted by atomic mass is 10.1. The summed E-state index contributed by atoms with van der Waals surface area (Å²) in [7, 11) is 0. The number of carbonyl (C=O) groups excluding carboxylic acids is 2. The highest BCUT2D eigenvalue weighted by Crippen LogP contribution is 2.23. The summed E-state index contributed by atoms with van der Waals surface area (Å²) in [5.41, 5.74) is 2.06. The molecule has 0 aromatic heterocycles. The number of carbonyl (C=O) groups is 3. The van der Waals surface area contributed by atoms with E-state index in [0.717, 1.165) is 10.5 Å². The molecule has 7 heteroatoms. The second kappa shape index (κ2) is 8.34. The van der Waals surface area contributed by atoms with Crippen LogP contribution in [0.1, 0.15) is 22.8 Å². The first kappa shape index (κ1) is 18.5. The molecule has 0 heterocycles. The average Bonchev–Trinajstić information content (AvgIpc) is 2.54. The van der Waals surface area contributed by atoms with Gasteiger partial charge in [-0.05, 0) is 42.8 Å². The minimum Gasteiger partial charge on any atom is -0.478 e. The number of carboxylic acid groups (broad SMARTS) is 1. The fourth-order valence-corrected chi connectivity index (χ4v) is 2.85. The Morgan fingerprint density at radius 1 is 1.08 bits per heavy atom. The number of carboxylic acids is 1. The van der Waals surface area contributed by atoms with E-state index in [0.29, 0.717) is 11.4 Å². The normalized spacial score (nSPS) is 10.2. The number of anilines is 2. The molecule has 2 aromatic carbocycles. The van der Waals surface area contributed by atoms with Crippen LogP contribution in [0.3, 0.4) is 0 Å². The minimum absolute atomic E-state index is 0.122. The van der Waals surface area contributed by atoms with Crippen LogP contribution in [-0.2, 0) is 9.59 Å². The van der Waals surface area contributed by atoms with Gasteiger partial charge in [-0.2, -0.15) is 0 Å². The molecule has 0 fully saturated rings. The zero-order valence-corrected chi connectivity index (χ0v) is 14.6. The largest absolute Gasteiger partial charge is 0.478 e. The summed E-state index contributed by atoms with van der Waals surface area (Å²) in [4.78, 5) is 35.1. The van der Waals surface area contributed by atoms with Crippen molar-refractivity contribution in [2.24, 2.45) is 0 Å². The van der Waals surface area contributed by atoms with Crippen molar-refractivity contribution in [1.29, 1.82) is 0 Å². The van der Waals surface area contributed by atoms with E-state index in [-0.39, 0.29) is 23.1 Å². The predicted molar refractivity (Wildman–Crippen MR) is 98.2 cm³/mol. The molecule has 0 saturated heterocycles. The van der Waals surface area contributed by atoms with Gasteiger partial charge in [0.25, 0.3) is 0 Å². The van der Waals surface area contributed by atoms with Crippen molar-refractivity contribution in [2.75, 3.05) is 16.4 Å². The summed E-state index contributed by atoms with van der Waals surface area (Å²) in [5.74, 6) is -1.27. The molecule has 2 amide bonds. The van der Waals surface area contributed by atoms with Gasteiger partial charge in [0.2, 0.25) is 11.8 Å². The predicted octanol–water partition coefficient (Wildman–Crippen LogP) is 3.38. The van der Waals surface area contributed by atoms with Crippen molar-refractivity contribution in [3.63, 3.8) is 0 Å². The van der Waals surface area contributed by atoms with Crippen molar-refractivity contribution < 1.29 is 19.5 Å². The maximum Gasteiger partial charge on any atom is 0.335 e. The lowest BCUT2D eigenvalue weighted by Gasteiger charge is -2.10. The highest BCUT2D eigenvalue weighted by molar-refractivity contribution is 8.00. The summed E-state index contributed by atoms with van der Waals surface area (Å²) in [6, 6.07) is 11.8. The van der Waals surface area contributed by atoms with Gasteiger partial charge < -0.3 is 15.7 Å². The van der Waals surface area contributed by atoms with Crippen molar-refractivity contribution >= 4 is 40.9 Å². The number of benzene rings is 2. The maximum absolute atomic E-state index is 12.1. The van der Waals surface area contributed by atoms with Gasteiger partial charge in [-0.3, -0.25) is 9.59 Å². The number of thioether (sulfide) groups is 1. The van der Waals surface area contributed by atoms with Crippen LogP contribution in [-0.4, -0.2) is 28.6 Å². The van der Waals surface area contributed by atoms with Gasteiger partial charge in [0, 0.05) is 23.2 Å². The van der Waals surface area contributed by atoms with E-state index in [2.05, 4.69) is 10.6 Å². The van der Waals surface area contributed by atoms with Gasteiger partial charge >= 0.3 is 5.97 Å². The average molecular weight is 358 g/mol. The number of hydrogen-bond donors (Lipinski definition) is 3. The monoisotopic (exact) mass is 358 g/mol. The summed E-state index contributed by atoms with van der Waals surface area (Å²) >= 11 is 1.33. The highest BCUT2D eigenvalue weighted by atomic mass is 32.2. The Bertz CT molecular complexity index is 820. The third-order valence-electron chi connectivity index (χ3n) is 3.28. The zero-order chi connectivity index (χ0) is 18.4. The third-order valence-corrected chi connectivity index (χ3v) is 4.28. The lowest BCUT2D eigenvalue weighted by molar-refractivity contribution is -0.114. The number of rotatable bonds is 6. The van der Waals surface area contributed by atoms with Crippen LogP contribution < -0.4 is 10.6 Å². The Kier molecular flexibility index (Phi) is 6.19. The van der Waals surface area contributed by atoms with Crippen LogP contribution in [0.2, 0.25) is 0 Å². The molecule has 0 spiro atoms. The zero-order valence-electron chi connectivity index (χ0n) is 13.8. The molecule has 0 aliphatic carbocycles. The quantitative estimate of drug-likeness (QED) is 0.688. The van der Waals surface area contributed by atoms with E-state index in [1.807, 2.05) is 6.07 Å². The van der Waals surface area contributed by atoms with Gasteiger partial charge in [0.1, 0.15) is 0 Å². The molecule has 0 unspecified atom stereocenters. The van der Waals surface area contributed by atoms with Crippen LogP contribution in [0.15, 0.2) is 47.4 Å². The molecule has 6 nitrogen and oxygen atoms in total. The molecule has 3 N–H and O–H groups in total. The van der Waals surface area contributed by atoms with E-state index < -0.39 is 5.97 Å². The summed E-state index contributed by atoms with van der Waals surface area (Å²) in [6.07, 6.45) is 0. The minimum atomic E-state index is -1.04. The Hall–Kier alpha value is -2.80. The molecule has 130 valence electrons. The number of aromatic carboxylic acids is 1. The molecule has 25 heavy (non-hydrogen) atoms. The molecule has 2 rings (SSSR count). The smallest absolute Gasteiger partial charge is 0.335 e. The molecule has 0 bridgehead atoms. The fourth-order valence-electron chi connectivity index (χ4n) is 2.09. The number of aryl methyl sites for hydroxylation is 1. The Balaban J connectivity index is 1.98. The van der Waals surface area contributed by atoms with Crippen LogP contribution in [0.4, 0.5) is 11.4 Å². The standard InChI is InChI=1S/C18H18N2O4S/c1-11-6-7-13(18(23)24)8-16(11)20-17(22)10-25-15-5-3-4-14(9-15)19-12(2)21/h3-9H,10H2,1-2H3,(H,19,21)(H,20,22)(H,23,24). The van der Waals surface area contributed by atoms with Crippen LogP contribution >= 0.6 is 11.8 Å². The first-order chi connectivity index (χ1) is 11.8. The number of amides is 2. The second-order valence-corrected chi connectivity index (χ2v) is 6.43. The Labute approximate surface area is 149 Å². The molecule has 0 aliphatic heterocycles. The molecular formula is C18H18N2O4S. The first-order valence-corrected chi connectivity index (χ1v) is 8.48. The maximum atomic E-state index is 12.1. The Morgan fingerprint density at radius 2 is 1.84 bits per heavy atom. The van der Waals surface area contributed by atoms with Gasteiger partial charge in [-0.1, -0.05) is 12.1 Å². The lowest BCUT2D eigenvalue weighted by Crippen LogP contribution is -2.15. The SMILES string of the molecule is CC(=O)Nc1cccc(SCC(=O)Nc2cc(C(=O)O)ccc2C)c1. The third kappa shape index (κ3) is 5.65. The summed E-state index contributed by atoms with van der Waals surface area (Å²) < 4.78 is 0. The van der Waals surface area contributed by atoms with Gasteiger partial charge in [0.15, 0.2) is 0 Å². The van der Waals surface area contributed by atoms with E-state index in [1.54, 1.807) is 31.2 Å². The second-order valence-electron chi connectivity index (χ2n) is 5.38. The molecule has 0 radical (unpaired) electrons. The van der Waals surface area contributed by atoms with E-state index in [4.69, 9.17) is 5.11 Å². The fraction of sp³-hybridized carbons (Fsp3) is 0.167. The summed E-state index contributed by atoms with van der Waals surface area (Å²) in [6.45, 7) is 3.23. The number of nitrogens with one attached hydrogen (secondary N) is 2. The topological polar surface area (TPSA) is 95.5 Å². The van der Waals surface area contributed by atoms with Crippen molar-refractivity contribution in [2.45, 2.75) is 18.7 Å². The van der Waals surface area contributed by atoms with Crippen molar-refractivity contribution in [3.05, 3.63) is 53.6 Å². The van der Waals surface area contributed by atoms with Crippen molar-refractivity contribution in [1.82, 2.24) is 0 Å². The molecular weight excluding hydrogens is 340 g/mol. The van der Waals surface area contributed by atoms with Crippen LogP contribution in [0.25, 0.3) is 0 Å². The molecule has 2 aromatic rings. The van der Waals surface area contributed by atoms with Crippen LogP contribution in [0.5, 0.6) is 0 Å². The Morgan fingerprint density at radius 3 is 2.52 bits per heavy atom. The van der Waals surface area contributed by atoms with Gasteiger partial charge in [-0.25, -0.2) is 4.79 Å². The van der Waals surface area contributed by atoms with E-state index >= 15 is 0 Å². The van der Waals surface area contributed by atoms with E-state index in [1.165, 1.54) is 30.8 Å². The number of hydrogen-bond acceptors (Lipinski definition) is 4. The molecule has 0 saturated carbocycles.